The third-order valence-corrected chi connectivity index (χ3v) is 3.31. The predicted octanol–water partition coefficient (Wildman–Crippen LogP) is 2.60. The van der Waals surface area contributed by atoms with Crippen LogP contribution in [0.3, 0.4) is 0 Å². The molecule has 19 heavy (non-hydrogen) atoms. The summed E-state index contributed by atoms with van der Waals surface area (Å²) in [5.74, 6) is 6.29. The maximum absolute atomic E-state index is 6.03. The van der Waals surface area contributed by atoms with E-state index < -0.39 is 0 Å². The predicted molar refractivity (Wildman–Crippen MR) is 76.1 cm³/mol. The molecule has 1 atom stereocenters. The van der Waals surface area contributed by atoms with E-state index in [9.17, 15) is 0 Å². The Morgan fingerprint density at radius 2 is 2.16 bits per heavy atom. The number of rotatable bonds is 4. The number of benzene rings is 1. The van der Waals surface area contributed by atoms with Crippen molar-refractivity contribution in [2.24, 2.45) is 5.84 Å². The standard InChI is InChI=1S/C14H16ClN3O/c1-9-4-3-7-17-13(9)14(18-16)10-5-6-11(15)12(8-10)19-2/h3-8,14,18H,16H2,1-2H3. The first-order valence-corrected chi connectivity index (χ1v) is 6.26. The molecule has 0 bridgehead atoms. The molecule has 0 spiro atoms. The molecule has 5 heteroatoms. The van der Waals surface area contributed by atoms with Gasteiger partial charge in [-0.2, -0.15) is 0 Å². The molecule has 2 aromatic rings. The lowest BCUT2D eigenvalue weighted by atomic mass is 10.0. The SMILES string of the molecule is COc1cc(C(NN)c2ncccc2C)ccc1Cl. The second kappa shape index (κ2) is 6.02. The number of pyridine rings is 1. The van der Waals surface area contributed by atoms with Gasteiger partial charge in [0.2, 0.25) is 0 Å². The fraction of sp³-hybridized carbons (Fsp3) is 0.214. The average Bonchev–Trinajstić information content (AvgIpc) is 2.43. The minimum absolute atomic E-state index is 0.202. The van der Waals surface area contributed by atoms with E-state index >= 15 is 0 Å². The van der Waals surface area contributed by atoms with Crippen LogP contribution in [0.5, 0.6) is 5.75 Å². The molecule has 4 nitrogen and oxygen atoms in total. The van der Waals surface area contributed by atoms with Gasteiger partial charge in [-0.15, -0.1) is 0 Å². The summed E-state index contributed by atoms with van der Waals surface area (Å²) in [6.07, 6.45) is 1.75. The first-order valence-electron chi connectivity index (χ1n) is 5.88. The van der Waals surface area contributed by atoms with Crippen molar-refractivity contribution in [1.29, 1.82) is 0 Å². The lowest BCUT2D eigenvalue weighted by Gasteiger charge is -2.18. The van der Waals surface area contributed by atoms with Crippen molar-refractivity contribution in [3.8, 4) is 5.75 Å². The van der Waals surface area contributed by atoms with Crippen molar-refractivity contribution < 1.29 is 4.74 Å². The van der Waals surface area contributed by atoms with E-state index in [-0.39, 0.29) is 6.04 Å². The molecule has 3 N–H and O–H groups in total. The van der Waals surface area contributed by atoms with Gasteiger partial charge < -0.3 is 4.74 Å². The molecular weight excluding hydrogens is 262 g/mol. The summed E-state index contributed by atoms with van der Waals surface area (Å²) in [7, 11) is 1.59. The first kappa shape index (κ1) is 13.8. The lowest BCUT2D eigenvalue weighted by molar-refractivity contribution is 0.414. The zero-order valence-electron chi connectivity index (χ0n) is 10.9. The number of hydrogen-bond acceptors (Lipinski definition) is 4. The van der Waals surface area contributed by atoms with E-state index in [1.165, 1.54) is 0 Å². The maximum Gasteiger partial charge on any atom is 0.137 e. The normalized spacial score (nSPS) is 12.2. The second-order valence-electron chi connectivity index (χ2n) is 4.20. The van der Waals surface area contributed by atoms with Crippen LogP contribution in [-0.4, -0.2) is 12.1 Å². The quantitative estimate of drug-likeness (QED) is 0.666. The number of hydrazine groups is 1. The number of halogens is 1. The third kappa shape index (κ3) is 2.87. The molecule has 2 rings (SSSR count). The van der Waals surface area contributed by atoms with Gasteiger partial charge in [-0.1, -0.05) is 23.7 Å². The van der Waals surface area contributed by atoms with Crippen LogP contribution in [0.1, 0.15) is 22.9 Å². The molecule has 0 radical (unpaired) electrons. The summed E-state index contributed by atoms with van der Waals surface area (Å²) in [5, 5.41) is 0.569. The zero-order chi connectivity index (χ0) is 13.8. The van der Waals surface area contributed by atoms with E-state index in [1.807, 2.05) is 31.2 Å². The number of aryl methyl sites for hydroxylation is 1. The maximum atomic E-state index is 6.03. The summed E-state index contributed by atoms with van der Waals surface area (Å²) < 4.78 is 5.23. The number of aromatic nitrogens is 1. The fourth-order valence-electron chi connectivity index (χ4n) is 1.99. The van der Waals surface area contributed by atoms with Crippen LogP contribution in [0.15, 0.2) is 36.5 Å². The van der Waals surface area contributed by atoms with Gasteiger partial charge in [0.15, 0.2) is 0 Å². The molecule has 0 saturated carbocycles. The smallest absolute Gasteiger partial charge is 0.137 e. The summed E-state index contributed by atoms with van der Waals surface area (Å²) in [5.41, 5.74) is 5.69. The Bertz CT molecular complexity index is 574. The summed E-state index contributed by atoms with van der Waals surface area (Å²) in [6, 6.07) is 9.25. The van der Waals surface area contributed by atoms with Gasteiger partial charge in [-0.3, -0.25) is 10.8 Å². The Kier molecular flexibility index (Phi) is 4.37. The van der Waals surface area contributed by atoms with Crippen LogP contribution in [-0.2, 0) is 0 Å². The molecule has 1 unspecified atom stereocenters. The Morgan fingerprint density at radius 3 is 2.79 bits per heavy atom. The summed E-state index contributed by atoms with van der Waals surface area (Å²) in [6.45, 7) is 2.00. The summed E-state index contributed by atoms with van der Waals surface area (Å²) >= 11 is 6.03. The fourth-order valence-corrected chi connectivity index (χ4v) is 2.18. The second-order valence-corrected chi connectivity index (χ2v) is 4.61. The van der Waals surface area contributed by atoms with Crippen molar-refractivity contribution in [2.45, 2.75) is 13.0 Å². The number of methoxy groups -OCH3 is 1. The van der Waals surface area contributed by atoms with Crippen LogP contribution >= 0.6 is 11.6 Å². The van der Waals surface area contributed by atoms with Crippen molar-refractivity contribution in [2.75, 3.05) is 7.11 Å². The topological polar surface area (TPSA) is 60.2 Å². The highest BCUT2D eigenvalue weighted by Crippen LogP contribution is 2.30. The number of hydrogen-bond donors (Lipinski definition) is 2. The van der Waals surface area contributed by atoms with Gasteiger partial charge >= 0.3 is 0 Å². The molecule has 0 aliphatic carbocycles. The monoisotopic (exact) mass is 277 g/mol. The van der Waals surface area contributed by atoms with Gasteiger partial charge in [-0.05, 0) is 36.2 Å². The summed E-state index contributed by atoms with van der Waals surface area (Å²) in [4.78, 5) is 4.39. The highest BCUT2D eigenvalue weighted by Gasteiger charge is 2.17. The first-order chi connectivity index (χ1) is 9.17. The molecule has 0 fully saturated rings. The highest BCUT2D eigenvalue weighted by molar-refractivity contribution is 6.32. The minimum atomic E-state index is -0.202. The van der Waals surface area contributed by atoms with Gasteiger partial charge in [0.05, 0.1) is 23.9 Å². The molecule has 0 amide bonds. The van der Waals surface area contributed by atoms with Crippen LogP contribution in [0.25, 0.3) is 0 Å². The Labute approximate surface area is 117 Å². The number of nitrogens with one attached hydrogen (secondary N) is 1. The van der Waals surface area contributed by atoms with Gasteiger partial charge in [0.25, 0.3) is 0 Å². The van der Waals surface area contributed by atoms with Gasteiger partial charge in [-0.25, -0.2) is 5.43 Å². The number of ether oxygens (including phenoxy) is 1. The molecule has 1 aromatic heterocycles. The largest absolute Gasteiger partial charge is 0.495 e. The number of nitrogens with zero attached hydrogens (tertiary/aromatic N) is 1. The Morgan fingerprint density at radius 1 is 1.37 bits per heavy atom. The molecule has 1 aromatic carbocycles. The van der Waals surface area contributed by atoms with E-state index in [0.29, 0.717) is 10.8 Å². The Balaban J connectivity index is 2.45. The average molecular weight is 278 g/mol. The highest BCUT2D eigenvalue weighted by atomic mass is 35.5. The van der Waals surface area contributed by atoms with E-state index in [1.54, 1.807) is 19.4 Å². The molecule has 0 aliphatic rings. The molecule has 0 aliphatic heterocycles. The van der Waals surface area contributed by atoms with Crippen LogP contribution in [0.4, 0.5) is 0 Å². The van der Waals surface area contributed by atoms with Gasteiger partial charge in [0.1, 0.15) is 5.75 Å². The molecule has 0 saturated heterocycles. The number of nitrogens with two attached hydrogens (primary N) is 1. The van der Waals surface area contributed by atoms with Crippen LogP contribution < -0.4 is 16.0 Å². The lowest BCUT2D eigenvalue weighted by Crippen LogP contribution is -2.30. The van der Waals surface area contributed by atoms with Crippen molar-refractivity contribution in [3.05, 3.63) is 58.4 Å². The van der Waals surface area contributed by atoms with Crippen LogP contribution in [0.2, 0.25) is 5.02 Å². The van der Waals surface area contributed by atoms with E-state index in [4.69, 9.17) is 22.2 Å². The molecular formula is C14H16ClN3O. The van der Waals surface area contributed by atoms with Crippen molar-refractivity contribution in [1.82, 2.24) is 10.4 Å². The minimum Gasteiger partial charge on any atom is -0.495 e. The van der Waals surface area contributed by atoms with Gasteiger partial charge in [0, 0.05) is 6.20 Å². The molecule has 100 valence electrons. The van der Waals surface area contributed by atoms with Crippen molar-refractivity contribution >= 4 is 11.6 Å². The van der Waals surface area contributed by atoms with Crippen molar-refractivity contribution in [3.63, 3.8) is 0 Å². The zero-order valence-corrected chi connectivity index (χ0v) is 11.6. The Hall–Kier alpha value is -1.62. The third-order valence-electron chi connectivity index (χ3n) is 3.00. The van der Waals surface area contributed by atoms with Crippen LogP contribution in [0, 0.1) is 6.92 Å². The molecule has 1 heterocycles. The van der Waals surface area contributed by atoms with E-state index in [0.717, 1.165) is 16.8 Å². The van der Waals surface area contributed by atoms with E-state index in [2.05, 4.69) is 10.4 Å².